The molecule has 46 heavy (non-hydrogen) atoms. The molecule has 8 aromatic rings. The zero-order chi connectivity index (χ0) is 30.0. The second kappa shape index (κ2) is 8.62. The van der Waals surface area contributed by atoms with E-state index in [1.165, 1.54) is 82.7 Å². The molecule has 3 aliphatic rings. The molecule has 2 aliphatic carbocycles. The normalized spacial score (nSPS) is 16.1. The molecule has 0 saturated heterocycles. The molecule has 1 nitrogen and oxygen atoms in total. The summed E-state index contributed by atoms with van der Waals surface area (Å²) in [5, 5.41) is 5.00. The molecule has 8 aromatic carbocycles. The number of rotatable bonds is 1. The van der Waals surface area contributed by atoms with Crippen molar-refractivity contribution in [2.45, 2.75) is 5.41 Å². The van der Waals surface area contributed by atoms with E-state index in [4.69, 9.17) is 4.74 Å². The minimum Gasteiger partial charge on any atom is -0.456 e. The topological polar surface area (TPSA) is 9.23 Å². The molecule has 1 aliphatic heterocycles. The summed E-state index contributed by atoms with van der Waals surface area (Å²) in [6.45, 7) is 0. The summed E-state index contributed by atoms with van der Waals surface area (Å²) in [7, 11) is 0. The Labute approximate surface area is 267 Å². The maximum atomic E-state index is 6.68. The van der Waals surface area contributed by atoms with Gasteiger partial charge in [0.15, 0.2) is 0 Å². The first-order valence-corrected chi connectivity index (χ1v) is 16.0. The third-order valence-electron chi connectivity index (χ3n) is 10.7. The molecule has 0 aromatic heterocycles. The van der Waals surface area contributed by atoms with Gasteiger partial charge in [-0.05, 0) is 89.5 Å². The molecule has 1 unspecified atom stereocenters. The maximum absolute atomic E-state index is 6.68. The fraction of sp³-hybridized carbons (Fsp3) is 0.0222. The summed E-state index contributed by atoms with van der Waals surface area (Å²) < 4.78 is 6.68. The quantitative estimate of drug-likeness (QED) is 0.187. The third kappa shape index (κ3) is 2.83. The predicted molar refractivity (Wildman–Crippen MR) is 189 cm³/mol. The molecule has 1 heterocycles. The van der Waals surface area contributed by atoms with Crippen molar-refractivity contribution < 1.29 is 4.74 Å². The lowest BCUT2D eigenvalue weighted by Gasteiger charge is -2.41. The van der Waals surface area contributed by atoms with Crippen molar-refractivity contribution in [2.24, 2.45) is 0 Å². The largest absolute Gasteiger partial charge is 0.456 e. The minimum absolute atomic E-state index is 0.491. The highest BCUT2D eigenvalue weighted by Gasteiger charge is 2.51. The van der Waals surface area contributed by atoms with Crippen LogP contribution in [-0.2, 0) is 5.41 Å². The molecule has 212 valence electrons. The number of fused-ring (bicyclic) bond motifs is 11. The average molecular weight is 583 g/mol. The van der Waals surface area contributed by atoms with Crippen LogP contribution in [-0.4, -0.2) is 0 Å². The standard InChI is InChI=1S/C45H26O/c1-3-22-36-29(15-1)31-17-5-11-27-13-7-24-38(41(27)31)45(36)37-23-4-2-16-30(37)33-19-9-20-34(44(33)45)32-18-10-26-40-43(32)35-21-6-12-28-14-8-25-39(46-40)42(28)35/h1-26H. The van der Waals surface area contributed by atoms with Crippen LogP contribution >= 0.6 is 0 Å². The predicted octanol–water partition coefficient (Wildman–Crippen LogP) is 11.8. The van der Waals surface area contributed by atoms with Crippen molar-refractivity contribution in [1.82, 2.24) is 0 Å². The lowest BCUT2D eigenvalue weighted by atomic mass is 9.60. The first-order valence-electron chi connectivity index (χ1n) is 16.0. The van der Waals surface area contributed by atoms with Gasteiger partial charge in [0.2, 0.25) is 0 Å². The Morgan fingerprint density at radius 1 is 0.326 bits per heavy atom. The summed E-state index contributed by atoms with van der Waals surface area (Å²) in [5.41, 5.74) is 15.0. The van der Waals surface area contributed by atoms with Gasteiger partial charge < -0.3 is 4.74 Å². The minimum atomic E-state index is -0.491. The highest BCUT2D eigenvalue weighted by molar-refractivity contribution is 6.11. The van der Waals surface area contributed by atoms with E-state index in [9.17, 15) is 0 Å². The Kier molecular flexibility index (Phi) is 4.57. The van der Waals surface area contributed by atoms with Crippen LogP contribution in [0.1, 0.15) is 22.3 Å². The van der Waals surface area contributed by atoms with Gasteiger partial charge in [-0.3, -0.25) is 0 Å². The molecule has 11 rings (SSSR count). The van der Waals surface area contributed by atoms with Crippen molar-refractivity contribution in [3.8, 4) is 56.0 Å². The van der Waals surface area contributed by atoms with E-state index >= 15 is 0 Å². The molecular weight excluding hydrogens is 556 g/mol. The summed E-state index contributed by atoms with van der Waals surface area (Å²) in [5.74, 6) is 1.83. The monoisotopic (exact) mass is 582 g/mol. The highest BCUT2D eigenvalue weighted by atomic mass is 16.5. The van der Waals surface area contributed by atoms with Gasteiger partial charge in [0.25, 0.3) is 0 Å². The van der Waals surface area contributed by atoms with Gasteiger partial charge in [0.1, 0.15) is 11.5 Å². The second-order valence-electron chi connectivity index (χ2n) is 12.7. The molecule has 1 heteroatoms. The SMILES string of the molecule is c1ccc2c(c1)-c1cccc(-c3cccc4c3-c3cccc5cccc(c35)O4)c1C21c2ccccc2-c2cccc3cccc1c23. The van der Waals surface area contributed by atoms with E-state index in [1.807, 2.05) is 0 Å². The van der Waals surface area contributed by atoms with E-state index in [0.29, 0.717) is 0 Å². The lowest BCUT2D eigenvalue weighted by molar-refractivity contribution is 0.487. The van der Waals surface area contributed by atoms with E-state index < -0.39 is 5.41 Å². The van der Waals surface area contributed by atoms with E-state index in [-0.39, 0.29) is 0 Å². The average Bonchev–Trinajstić information content (AvgIpc) is 3.42. The van der Waals surface area contributed by atoms with E-state index in [0.717, 1.165) is 17.1 Å². The van der Waals surface area contributed by atoms with Gasteiger partial charge in [-0.2, -0.15) is 0 Å². The van der Waals surface area contributed by atoms with Gasteiger partial charge >= 0.3 is 0 Å². The Morgan fingerprint density at radius 2 is 0.804 bits per heavy atom. The summed E-state index contributed by atoms with van der Waals surface area (Å²) in [4.78, 5) is 0. The van der Waals surface area contributed by atoms with Crippen LogP contribution in [0.3, 0.4) is 0 Å². The zero-order valence-electron chi connectivity index (χ0n) is 24.9. The summed E-state index contributed by atoms with van der Waals surface area (Å²) >= 11 is 0. The summed E-state index contributed by atoms with van der Waals surface area (Å²) in [6, 6.07) is 58.3. The number of hydrogen-bond acceptors (Lipinski definition) is 1. The molecule has 1 atom stereocenters. The molecular formula is C45H26O. The first-order chi connectivity index (χ1) is 22.8. The van der Waals surface area contributed by atoms with Crippen LogP contribution in [0.5, 0.6) is 11.5 Å². The van der Waals surface area contributed by atoms with Crippen LogP contribution in [0.25, 0.3) is 66.1 Å². The lowest BCUT2D eigenvalue weighted by Crippen LogP contribution is -2.32. The molecule has 1 spiro atoms. The van der Waals surface area contributed by atoms with Crippen LogP contribution in [0.15, 0.2) is 158 Å². The van der Waals surface area contributed by atoms with E-state index in [1.54, 1.807) is 0 Å². The van der Waals surface area contributed by atoms with Crippen LogP contribution in [0, 0.1) is 0 Å². The van der Waals surface area contributed by atoms with Gasteiger partial charge in [-0.25, -0.2) is 0 Å². The molecule has 0 radical (unpaired) electrons. The van der Waals surface area contributed by atoms with Crippen LogP contribution < -0.4 is 4.74 Å². The number of ether oxygens (including phenoxy) is 1. The fourth-order valence-corrected chi connectivity index (χ4v) is 9.05. The Bertz CT molecular complexity index is 2610. The smallest absolute Gasteiger partial charge is 0.135 e. The zero-order valence-corrected chi connectivity index (χ0v) is 24.9. The van der Waals surface area contributed by atoms with Gasteiger partial charge in [0.05, 0.1) is 5.41 Å². The molecule has 0 bridgehead atoms. The van der Waals surface area contributed by atoms with E-state index in [2.05, 4.69) is 158 Å². The molecule has 0 N–H and O–H groups in total. The third-order valence-corrected chi connectivity index (χ3v) is 10.7. The van der Waals surface area contributed by atoms with Gasteiger partial charge in [0, 0.05) is 10.9 Å². The van der Waals surface area contributed by atoms with Gasteiger partial charge in [-0.15, -0.1) is 0 Å². The maximum Gasteiger partial charge on any atom is 0.135 e. The van der Waals surface area contributed by atoms with Crippen molar-refractivity contribution in [3.05, 3.63) is 180 Å². The van der Waals surface area contributed by atoms with Crippen molar-refractivity contribution >= 4 is 21.5 Å². The highest BCUT2D eigenvalue weighted by Crippen LogP contribution is 2.64. The van der Waals surface area contributed by atoms with Gasteiger partial charge in [-0.1, -0.05) is 146 Å². The van der Waals surface area contributed by atoms with Crippen molar-refractivity contribution in [1.29, 1.82) is 0 Å². The Morgan fingerprint density at radius 3 is 1.59 bits per heavy atom. The molecule has 0 amide bonds. The molecule has 0 saturated carbocycles. The van der Waals surface area contributed by atoms with Crippen molar-refractivity contribution in [3.63, 3.8) is 0 Å². The first kappa shape index (κ1) is 24.4. The fourth-order valence-electron chi connectivity index (χ4n) is 9.05. The summed E-state index contributed by atoms with van der Waals surface area (Å²) in [6.07, 6.45) is 0. The van der Waals surface area contributed by atoms with Crippen molar-refractivity contribution in [2.75, 3.05) is 0 Å². The Hall–Kier alpha value is -5.92. The molecule has 0 fully saturated rings. The Balaban J connectivity index is 1.33. The van der Waals surface area contributed by atoms with Crippen LogP contribution in [0.2, 0.25) is 0 Å². The van der Waals surface area contributed by atoms with Crippen LogP contribution in [0.4, 0.5) is 0 Å². The number of benzene rings is 8. The number of hydrogen-bond donors (Lipinski definition) is 0. The second-order valence-corrected chi connectivity index (χ2v) is 12.7.